The Hall–Kier alpha value is -2.24. The van der Waals surface area contributed by atoms with Crippen molar-refractivity contribution in [2.75, 3.05) is 19.5 Å². The number of nitrogen functional groups attached to an aromatic ring is 1. The lowest BCUT2D eigenvalue weighted by Crippen LogP contribution is -2.32. The molecule has 0 aliphatic heterocycles. The van der Waals surface area contributed by atoms with Gasteiger partial charge in [0.15, 0.2) is 0 Å². The van der Waals surface area contributed by atoms with Crippen LogP contribution in [0.2, 0.25) is 0 Å². The van der Waals surface area contributed by atoms with Gasteiger partial charge >= 0.3 is 5.97 Å². The van der Waals surface area contributed by atoms with Crippen molar-refractivity contribution < 1.29 is 14.3 Å². The van der Waals surface area contributed by atoms with Gasteiger partial charge in [-0.05, 0) is 32.8 Å². The molecule has 21 heavy (non-hydrogen) atoms. The first-order valence-electron chi connectivity index (χ1n) is 6.86. The van der Waals surface area contributed by atoms with Crippen molar-refractivity contribution in [3.8, 4) is 0 Å². The second kappa shape index (κ2) is 5.63. The molecule has 0 radical (unpaired) electrons. The van der Waals surface area contributed by atoms with Gasteiger partial charge in [-0.25, -0.2) is 4.79 Å². The normalized spacial score (nSPS) is 16.0. The molecule has 6 nitrogen and oxygen atoms in total. The van der Waals surface area contributed by atoms with Crippen LogP contribution in [0.5, 0.6) is 0 Å². The Morgan fingerprint density at radius 1 is 1.52 bits per heavy atom. The largest absolute Gasteiger partial charge is 0.501 e. The van der Waals surface area contributed by atoms with Crippen LogP contribution in [0.3, 0.4) is 0 Å². The van der Waals surface area contributed by atoms with Crippen molar-refractivity contribution in [3.63, 3.8) is 0 Å². The van der Waals surface area contributed by atoms with Gasteiger partial charge in [-0.2, -0.15) is 0 Å². The molecular formula is C15H20N2O4. The Morgan fingerprint density at radius 2 is 2.19 bits per heavy atom. The van der Waals surface area contributed by atoms with Gasteiger partial charge in [0.25, 0.3) is 5.56 Å². The van der Waals surface area contributed by atoms with Crippen molar-refractivity contribution >= 4 is 17.7 Å². The molecule has 2 rings (SSSR count). The fraction of sp³-hybridized carbons (Fsp3) is 0.467. The first-order valence-corrected chi connectivity index (χ1v) is 6.86. The summed E-state index contributed by atoms with van der Waals surface area (Å²) >= 11 is 0. The summed E-state index contributed by atoms with van der Waals surface area (Å²) in [6.45, 7) is 4.29. The van der Waals surface area contributed by atoms with Crippen molar-refractivity contribution in [3.05, 3.63) is 33.9 Å². The van der Waals surface area contributed by atoms with Crippen LogP contribution in [0.1, 0.15) is 42.6 Å². The smallest absolute Gasteiger partial charge is 0.341 e. The standard InChI is InChI=1S/C15H20N2O4/c1-4-21-8-5-10-12(16)11(14(19)20-3)9-17(13(10)18)15(2)6-7-15/h5,8-9H,4,6-7,16H2,1-3H3/b8-5+. The number of nitrogens with zero attached hydrogens (tertiary/aromatic N) is 1. The minimum atomic E-state index is -0.559. The average Bonchev–Trinajstić information content (AvgIpc) is 3.20. The summed E-state index contributed by atoms with van der Waals surface area (Å²) in [5, 5.41) is 0. The second-order valence-electron chi connectivity index (χ2n) is 5.29. The molecule has 114 valence electrons. The Kier molecular flexibility index (Phi) is 4.06. The molecule has 1 heterocycles. The molecule has 6 heteroatoms. The molecule has 1 aliphatic rings. The molecule has 1 saturated carbocycles. The van der Waals surface area contributed by atoms with Crippen LogP contribution in [0.25, 0.3) is 6.08 Å². The number of nitrogens with two attached hydrogens (primary N) is 1. The van der Waals surface area contributed by atoms with Gasteiger partial charge in [-0.1, -0.05) is 0 Å². The minimum Gasteiger partial charge on any atom is -0.501 e. The van der Waals surface area contributed by atoms with Crippen LogP contribution in [0.4, 0.5) is 5.69 Å². The molecule has 1 fully saturated rings. The fourth-order valence-corrected chi connectivity index (χ4v) is 2.12. The number of pyridine rings is 1. The van der Waals surface area contributed by atoms with Crippen molar-refractivity contribution in [1.29, 1.82) is 0 Å². The van der Waals surface area contributed by atoms with Gasteiger partial charge in [-0.3, -0.25) is 4.79 Å². The zero-order valence-corrected chi connectivity index (χ0v) is 12.5. The summed E-state index contributed by atoms with van der Waals surface area (Å²) in [4.78, 5) is 24.4. The van der Waals surface area contributed by atoms with Gasteiger partial charge in [0.05, 0.1) is 36.8 Å². The molecule has 0 aromatic carbocycles. The number of rotatable bonds is 5. The van der Waals surface area contributed by atoms with Crippen LogP contribution in [0, 0.1) is 0 Å². The summed E-state index contributed by atoms with van der Waals surface area (Å²) in [5.41, 5.74) is 6.04. The Labute approximate surface area is 123 Å². The van der Waals surface area contributed by atoms with Gasteiger partial charge in [0.1, 0.15) is 0 Å². The van der Waals surface area contributed by atoms with E-state index in [9.17, 15) is 9.59 Å². The number of ether oxygens (including phenoxy) is 2. The lowest BCUT2D eigenvalue weighted by Gasteiger charge is -2.17. The number of hydrogen-bond donors (Lipinski definition) is 1. The molecule has 1 aliphatic carbocycles. The van der Waals surface area contributed by atoms with Gasteiger partial charge < -0.3 is 19.8 Å². The number of anilines is 1. The Balaban J connectivity index is 2.61. The van der Waals surface area contributed by atoms with E-state index in [1.54, 1.807) is 4.57 Å². The maximum atomic E-state index is 12.6. The summed E-state index contributed by atoms with van der Waals surface area (Å²) in [6.07, 6.45) is 6.19. The monoisotopic (exact) mass is 292 g/mol. The lowest BCUT2D eigenvalue weighted by molar-refractivity contribution is 0.0600. The first kappa shape index (κ1) is 15.2. The van der Waals surface area contributed by atoms with E-state index < -0.39 is 5.97 Å². The van der Waals surface area contributed by atoms with Crippen LogP contribution in [-0.2, 0) is 15.0 Å². The lowest BCUT2D eigenvalue weighted by atomic mass is 10.1. The van der Waals surface area contributed by atoms with E-state index >= 15 is 0 Å². The van der Waals surface area contributed by atoms with Crippen LogP contribution >= 0.6 is 0 Å². The highest BCUT2D eigenvalue weighted by atomic mass is 16.5. The maximum Gasteiger partial charge on any atom is 0.341 e. The molecule has 0 saturated heterocycles. The van der Waals surface area contributed by atoms with Crippen LogP contribution in [-0.4, -0.2) is 24.3 Å². The third-order valence-electron chi connectivity index (χ3n) is 3.75. The summed E-state index contributed by atoms with van der Waals surface area (Å²) in [6, 6.07) is 0. The second-order valence-corrected chi connectivity index (χ2v) is 5.29. The van der Waals surface area contributed by atoms with E-state index in [0.29, 0.717) is 6.61 Å². The van der Waals surface area contributed by atoms with Crippen LogP contribution < -0.4 is 11.3 Å². The van der Waals surface area contributed by atoms with Crippen molar-refractivity contribution in [2.24, 2.45) is 0 Å². The maximum absolute atomic E-state index is 12.6. The van der Waals surface area contributed by atoms with E-state index in [1.807, 2.05) is 13.8 Å². The fourth-order valence-electron chi connectivity index (χ4n) is 2.12. The molecule has 0 bridgehead atoms. The summed E-state index contributed by atoms with van der Waals surface area (Å²) in [5.74, 6) is -0.559. The zero-order valence-electron chi connectivity index (χ0n) is 12.5. The molecule has 0 amide bonds. The number of aromatic nitrogens is 1. The third kappa shape index (κ3) is 2.79. The van der Waals surface area contributed by atoms with Gasteiger partial charge in [0, 0.05) is 11.7 Å². The highest BCUT2D eigenvalue weighted by Gasteiger charge is 2.41. The van der Waals surface area contributed by atoms with E-state index in [1.165, 1.54) is 25.6 Å². The molecule has 0 unspecified atom stereocenters. The predicted octanol–water partition coefficient (Wildman–Crippen LogP) is 1.73. The average molecular weight is 292 g/mol. The van der Waals surface area contributed by atoms with E-state index in [2.05, 4.69) is 0 Å². The molecule has 1 aromatic heterocycles. The predicted molar refractivity (Wildman–Crippen MR) is 80.0 cm³/mol. The van der Waals surface area contributed by atoms with E-state index in [-0.39, 0.29) is 27.9 Å². The van der Waals surface area contributed by atoms with Crippen LogP contribution in [0.15, 0.2) is 17.3 Å². The topological polar surface area (TPSA) is 83.5 Å². The van der Waals surface area contributed by atoms with Crippen molar-refractivity contribution in [2.45, 2.75) is 32.2 Å². The zero-order chi connectivity index (χ0) is 15.6. The van der Waals surface area contributed by atoms with Gasteiger partial charge in [-0.15, -0.1) is 0 Å². The first-order chi connectivity index (χ1) is 9.94. The summed E-state index contributed by atoms with van der Waals surface area (Å²) in [7, 11) is 1.28. The van der Waals surface area contributed by atoms with E-state index in [0.717, 1.165) is 12.8 Å². The number of carbonyl (C=O) groups excluding carboxylic acids is 1. The quantitative estimate of drug-likeness (QED) is 0.660. The Bertz CT molecular complexity index is 642. The highest BCUT2D eigenvalue weighted by Crippen LogP contribution is 2.42. The number of carbonyl (C=O) groups is 1. The van der Waals surface area contributed by atoms with E-state index in [4.69, 9.17) is 15.2 Å². The molecule has 0 spiro atoms. The van der Waals surface area contributed by atoms with Crippen molar-refractivity contribution in [1.82, 2.24) is 4.57 Å². The number of esters is 1. The number of hydrogen-bond acceptors (Lipinski definition) is 5. The third-order valence-corrected chi connectivity index (χ3v) is 3.75. The van der Waals surface area contributed by atoms with Gasteiger partial charge in [0.2, 0.25) is 0 Å². The highest BCUT2D eigenvalue weighted by molar-refractivity contribution is 5.96. The number of methoxy groups -OCH3 is 1. The molecule has 1 aromatic rings. The Morgan fingerprint density at radius 3 is 2.71 bits per heavy atom. The molecular weight excluding hydrogens is 272 g/mol. The summed E-state index contributed by atoms with van der Waals surface area (Å²) < 4.78 is 11.4. The SMILES string of the molecule is CCO/C=C/c1c(N)c(C(=O)OC)cn(C2(C)CC2)c1=O. The molecule has 2 N–H and O–H groups in total. The minimum absolute atomic E-state index is 0.114. The molecule has 0 atom stereocenters.